The van der Waals surface area contributed by atoms with E-state index in [2.05, 4.69) is 23.1 Å². The van der Waals surface area contributed by atoms with Gasteiger partial charge in [0, 0.05) is 17.8 Å². The summed E-state index contributed by atoms with van der Waals surface area (Å²) in [5.74, 6) is 1.38. The summed E-state index contributed by atoms with van der Waals surface area (Å²) in [6.45, 7) is 3.25. The topological polar surface area (TPSA) is 71.6 Å². The molecule has 0 aromatic heterocycles. The second-order valence-electron chi connectivity index (χ2n) is 5.41. The molecule has 114 valence electrons. The van der Waals surface area contributed by atoms with Gasteiger partial charge in [-0.2, -0.15) is 0 Å². The van der Waals surface area contributed by atoms with Crippen LogP contribution in [0.25, 0.3) is 0 Å². The third kappa shape index (κ3) is 3.28. The number of ether oxygens (including phenoxy) is 2. The molecule has 6 heteroatoms. The summed E-state index contributed by atoms with van der Waals surface area (Å²) in [5.41, 5.74) is 6.95. The fraction of sp³-hybridized carbons (Fsp3) is 0.533. The van der Waals surface area contributed by atoms with Crippen molar-refractivity contribution in [3.8, 4) is 11.5 Å². The van der Waals surface area contributed by atoms with Crippen LogP contribution in [0.15, 0.2) is 18.2 Å². The van der Waals surface area contributed by atoms with E-state index < -0.39 is 0 Å². The van der Waals surface area contributed by atoms with Gasteiger partial charge in [0.1, 0.15) is 19.3 Å². The summed E-state index contributed by atoms with van der Waals surface area (Å²) in [6.07, 6.45) is 2.99. The third-order valence-corrected chi connectivity index (χ3v) is 3.75. The Morgan fingerprint density at radius 1 is 1.29 bits per heavy atom. The molecule has 3 rings (SSSR count). The number of fused-ring (bicyclic) bond motifs is 1. The number of anilines is 1. The number of carbonyl (C=O) groups excluding carboxylic acids is 1. The van der Waals surface area contributed by atoms with Crippen LogP contribution in [0.5, 0.6) is 11.5 Å². The second kappa shape index (κ2) is 6.32. The average Bonchev–Trinajstić information content (AvgIpc) is 2.96. The Bertz CT molecular complexity index is 521. The Kier molecular flexibility index (Phi) is 4.26. The van der Waals surface area contributed by atoms with Crippen molar-refractivity contribution in [1.82, 2.24) is 10.9 Å². The number of amides is 1. The fourth-order valence-electron chi connectivity index (χ4n) is 2.68. The van der Waals surface area contributed by atoms with Crippen LogP contribution < -0.4 is 25.6 Å². The minimum Gasteiger partial charge on any atom is -0.486 e. The van der Waals surface area contributed by atoms with E-state index in [-0.39, 0.29) is 11.9 Å². The van der Waals surface area contributed by atoms with Gasteiger partial charge in [-0.15, -0.1) is 0 Å². The van der Waals surface area contributed by atoms with Crippen molar-refractivity contribution in [1.29, 1.82) is 0 Å². The van der Waals surface area contributed by atoms with Gasteiger partial charge in [-0.25, -0.2) is 5.43 Å². The zero-order valence-electron chi connectivity index (χ0n) is 12.1. The first kappa shape index (κ1) is 14.2. The van der Waals surface area contributed by atoms with Crippen molar-refractivity contribution in [2.75, 3.05) is 18.5 Å². The summed E-state index contributed by atoms with van der Waals surface area (Å²) < 4.78 is 11.0. The molecule has 2 heterocycles. The van der Waals surface area contributed by atoms with Gasteiger partial charge in [-0.1, -0.05) is 13.3 Å². The molecule has 2 aliphatic heterocycles. The quantitative estimate of drug-likeness (QED) is 0.783. The molecule has 1 fully saturated rings. The molecule has 2 aliphatic rings. The van der Waals surface area contributed by atoms with E-state index in [0.29, 0.717) is 25.0 Å². The maximum Gasteiger partial charge on any atom is 0.242 e. The Hall–Kier alpha value is -1.79. The predicted molar refractivity (Wildman–Crippen MR) is 79.4 cm³/mol. The lowest BCUT2D eigenvalue weighted by molar-refractivity contribution is -0.117. The molecule has 0 saturated carbocycles. The van der Waals surface area contributed by atoms with E-state index in [1.165, 1.54) is 0 Å². The lowest BCUT2D eigenvalue weighted by Crippen LogP contribution is -2.40. The van der Waals surface area contributed by atoms with E-state index >= 15 is 0 Å². The van der Waals surface area contributed by atoms with Crippen molar-refractivity contribution >= 4 is 11.6 Å². The summed E-state index contributed by atoms with van der Waals surface area (Å²) in [4.78, 5) is 12.2. The van der Waals surface area contributed by atoms with Crippen LogP contribution in [0.1, 0.15) is 26.2 Å². The number of hydrazine groups is 1. The van der Waals surface area contributed by atoms with Gasteiger partial charge in [0.25, 0.3) is 0 Å². The number of benzene rings is 1. The van der Waals surface area contributed by atoms with E-state index in [1.54, 1.807) is 6.07 Å². The molecule has 1 aromatic rings. The fourth-order valence-corrected chi connectivity index (χ4v) is 2.68. The smallest absolute Gasteiger partial charge is 0.242 e. The first-order chi connectivity index (χ1) is 10.3. The molecule has 0 spiro atoms. The molecule has 6 nitrogen and oxygen atoms in total. The molecule has 1 aromatic carbocycles. The second-order valence-corrected chi connectivity index (χ2v) is 5.41. The molecule has 0 bridgehead atoms. The summed E-state index contributed by atoms with van der Waals surface area (Å²) in [6, 6.07) is 5.63. The largest absolute Gasteiger partial charge is 0.486 e. The number of hydrogen-bond donors (Lipinski definition) is 3. The first-order valence-electron chi connectivity index (χ1n) is 7.48. The first-order valence-corrected chi connectivity index (χ1v) is 7.48. The Morgan fingerprint density at radius 2 is 2.10 bits per heavy atom. The third-order valence-electron chi connectivity index (χ3n) is 3.75. The van der Waals surface area contributed by atoms with Crippen molar-refractivity contribution in [2.45, 2.75) is 38.3 Å². The van der Waals surface area contributed by atoms with Crippen LogP contribution in [-0.2, 0) is 4.79 Å². The Morgan fingerprint density at radius 3 is 2.90 bits per heavy atom. The standard InChI is InChI=1S/C15H21N3O3/c1-2-3-11-8-12(18-17-11)15(19)16-10-4-5-13-14(9-10)21-7-6-20-13/h4-5,9,11-12,17-18H,2-3,6-8H2,1H3,(H,16,19). The van der Waals surface area contributed by atoms with Crippen molar-refractivity contribution in [3.05, 3.63) is 18.2 Å². The molecule has 21 heavy (non-hydrogen) atoms. The highest BCUT2D eigenvalue weighted by Gasteiger charge is 2.28. The molecule has 0 aliphatic carbocycles. The van der Waals surface area contributed by atoms with Crippen LogP contribution in [0.4, 0.5) is 5.69 Å². The van der Waals surface area contributed by atoms with Gasteiger partial charge in [0.2, 0.25) is 5.91 Å². The minimum atomic E-state index is -0.199. The van der Waals surface area contributed by atoms with Crippen LogP contribution in [0, 0.1) is 0 Å². The molecule has 1 saturated heterocycles. The van der Waals surface area contributed by atoms with Crippen LogP contribution in [-0.4, -0.2) is 31.2 Å². The molecule has 2 atom stereocenters. The molecule has 2 unspecified atom stereocenters. The number of nitrogens with one attached hydrogen (secondary N) is 3. The SMILES string of the molecule is CCCC1CC(C(=O)Nc2ccc3c(c2)OCCO3)NN1. The van der Waals surface area contributed by atoms with E-state index in [1.807, 2.05) is 12.1 Å². The molecular weight excluding hydrogens is 270 g/mol. The zero-order valence-corrected chi connectivity index (χ0v) is 12.1. The van der Waals surface area contributed by atoms with Crippen LogP contribution >= 0.6 is 0 Å². The van der Waals surface area contributed by atoms with E-state index in [4.69, 9.17) is 9.47 Å². The number of rotatable bonds is 4. The van der Waals surface area contributed by atoms with Crippen molar-refractivity contribution in [2.24, 2.45) is 0 Å². The van der Waals surface area contributed by atoms with Gasteiger partial charge >= 0.3 is 0 Å². The van der Waals surface area contributed by atoms with Crippen molar-refractivity contribution in [3.63, 3.8) is 0 Å². The Labute approximate surface area is 124 Å². The van der Waals surface area contributed by atoms with Gasteiger partial charge in [0.15, 0.2) is 11.5 Å². The van der Waals surface area contributed by atoms with Crippen LogP contribution in [0.3, 0.4) is 0 Å². The monoisotopic (exact) mass is 291 g/mol. The van der Waals surface area contributed by atoms with Crippen molar-refractivity contribution < 1.29 is 14.3 Å². The van der Waals surface area contributed by atoms with Gasteiger partial charge < -0.3 is 14.8 Å². The number of carbonyl (C=O) groups is 1. The van der Waals surface area contributed by atoms with Gasteiger partial charge in [-0.05, 0) is 25.0 Å². The normalized spacial score (nSPS) is 23.9. The lowest BCUT2D eigenvalue weighted by Gasteiger charge is -2.19. The maximum absolute atomic E-state index is 12.2. The zero-order chi connectivity index (χ0) is 14.7. The van der Waals surface area contributed by atoms with Crippen LogP contribution in [0.2, 0.25) is 0 Å². The summed E-state index contributed by atoms with van der Waals surface area (Å²) >= 11 is 0. The lowest BCUT2D eigenvalue weighted by atomic mass is 10.1. The maximum atomic E-state index is 12.2. The highest BCUT2D eigenvalue weighted by Crippen LogP contribution is 2.32. The molecule has 3 N–H and O–H groups in total. The van der Waals surface area contributed by atoms with Gasteiger partial charge in [-0.3, -0.25) is 10.2 Å². The average molecular weight is 291 g/mol. The summed E-state index contributed by atoms with van der Waals surface area (Å²) in [7, 11) is 0. The highest BCUT2D eigenvalue weighted by atomic mass is 16.6. The molecule has 1 amide bonds. The predicted octanol–water partition coefficient (Wildman–Crippen LogP) is 1.43. The molecule has 0 radical (unpaired) electrons. The Balaban J connectivity index is 1.60. The highest BCUT2D eigenvalue weighted by molar-refractivity contribution is 5.95. The molecular formula is C15H21N3O3. The van der Waals surface area contributed by atoms with Gasteiger partial charge in [0.05, 0.1) is 0 Å². The van der Waals surface area contributed by atoms with E-state index in [9.17, 15) is 4.79 Å². The minimum absolute atomic E-state index is 0.0298. The summed E-state index contributed by atoms with van der Waals surface area (Å²) in [5, 5.41) is 2.92. The number of hydrogen-bond acceptors (Lipinski definition) is 5. The van der Waals surface area contributed by atoms with E-state index in [0.717, 1.165) is 30.7 Å².